The molecular weight excluding hydrogens is 324 g/mol. The SMILES string of the molecule is CCC/C(C)=C\CC/C(=C\COCc1ccccc1)CBr. The second-order valence-corrected chi connectivity index (χ2v) is 5.90. The number of benzene rings is 1. The fraction of sp³-hybridized carbons (Fsp3) is 0.474. The Morgan fingerprint density at radius 1 is 1.14 bits per heavy atom. The molecule has 116 valence electrons. The van der Waals surface area contributed by atoms with Gasteiger partial charge in [0, 0.05) is 5.33 Å². The standard InChI is InChI=1S/C19H27BrO/c1-3-8-17(2)9-7-12-18(15-20)13-14-21-16-19-10-5-4-6-11-19/h4-6,9-11,13H,3,7-8,12,14-16H2,1-2H3/b17-9-,18-13+. The van der Waals surface area contributed by atoms with Gasteiger partial charge in [0.2, 0.25) is 0 Å². The van der Waals surface area contributed by atoms with E-state index in [-0.39, 0.29) is 0 Å². The van der Waals surface area contributed by atoms with Crippen LogP contribution in [0, 0.1) is 0 Å². The molecule has 0 N–H and O–H groups in total. The summed E-state index contributed by atoms with van der Waals surface area (Å²) in [6.07, 6.45) is 9.26. The third-order valence-corrected chi connectivity index (χ3v) is 4.10. The normalized spacial score (nSPS) is 12.7. The monoisotopic (exact) mass is 350 g/mol. The Balaban J connectivity index is 2.26. The molecule has 0 fully saturated rings. The zero-order valence-corrected chi connectivity index (χ0v) is 14.9. The molecule has 0 atom stereocenters. The van der Waals surface area contributed by atoms with Crippen molar-refractivity contribution in [3.8, 4) is 0 Å². The molecule has 0 saturated heterocycles. The minimum absolute atomic E-state index is 0.683. The Labute approximate surface area is 138 Å². The van der Waals surface area contributed by atoms with E-state index in [0.29, 0.717) is 13.2 Å². The van der Waals surface area contributed by atoms with Crippen molar-refractivity contribution in [3.63, 3.8) is 0 Å². The molecule has 0 aliphatic heterocycles. The number of alkyl halides is 1. The first kappa shape index (κ1) is 18.2. The Morgan fingerprint density at radius 2 is 1.90 bits per heavy atom. The van der Waals surface area contributed by atoms with Crippen molar-refractivity contribution in [2.45, 2.75) is 46.1 Å². The van der Waals surface area contributed by atoms with Crippen molar-refractivity contribution < 1.29 is 4.74 Å². The second-order valence-electron chi connectivity index (χ2n) is 5.34. The minimum atomic E-state index is 0.683. The number of halogens is 1. The maximum Gasteiger partial charge on any atom is 0.0721 e. The van der Waals surface area contributed by atoms with Gasteiger partial charge in [0.05, 0.1) is 13.2 Å². The molecule has 0 aromatic heterocycles. The second kappa shape index (κ2) is 11.8. The highest BCUT2D eigenvalue weighted by Crippen LogP contribution is 2.12. The van der Waals surface area contributed by atoms with E-state index in [1.165, 1.54) is 29.6 Å². The fourth-order valence-electron chi connectivity index (χ4n) is 2.15. The zero-order chi connectivity index (χ0) is 15.3. The van der Waals surface area contributed by atoms with Gasteiger partial charge in [-0.05, 0) is 31.7 Å². The average Bonchev–Trinajstić information content (AvgIpc) is 2.51. The van der Waals surface area contributed by atoms with Crippen molar-refractivity contribution in [1.29, 1.82) is 0 Å². The predicted molar refractivity (Wildman–Crippen MR) is 95.9 cm³/mol. The van der Waals surface area contributed by atoms with Gasteiger partial charge in [-0.25, -0.2) is 0 Å². The summed E-state index contributed by atoms with van der Waals surface area (Å²) in [5, 5.41) is 0.933. The van der Waals surface area contributed by atoms with Crippen LogP contribution in [-0.2, 0) is 11.3 Å². The molecule has 0 aliphatic carbocycles. The van der Waals surface area contributed by atoms with Crippen LogP contribution in [0.4, 0.5) is 0 Å². The summed E-state index contributed by atoms with van der Waals surface area (Å²) < 4.78 is 5.71. The summed E-state index contributed by atoms with van der Waals surface area (Å²) in [7, 11) is 0. The topological polar surface area (TPSA) is 9.23 Å². The molecule has 0 spiro atoms. The Hall–Kier alpha value is -0.860. The van der Waals surface area contributed by atoms with E-state index < -0.39 is 0 Å². The van der Waals surface area contributed by atoms with Crippen LogP contribution in [0.2, 0.25) is 0 Å². The number of allylic oxidation sites excluding steroid dienone is 3. The largest absolute Gasteiger partial charge is 0.373 e. The first-order valence-electron chi connectivity index (χ1n) is 7.77. The van der Waals surface area contributed by atoms with Gasteiger partial charge in [-0.1, -0.05) is 82.9 Å². The van der Waals surface area contributed by atoms with E-state index in [1.54, 1.807) is 0 Å². The van der Waals surface area contributed by atoms with Crippen LogP contribution < -0.4 is 0 Å². The van der Waals surface area contributed by atoms with Crippen molar-refractivity contribution in [1.82, 2.24) is 0 Å². The summed E-state index contributed by atoms with van der Waals surface area (Å²) in [4.78, 5) is 0. The highest BCUT2D eigenvalue weighted by atomic mass is 79.9. The van der Waals surface area contributed by atoms with Gasteiger partial charge in [-0.3, -0.25) is 0 Å². The first-order valence-corrected chi connectivity index (χ1v) is 8.89. The number of hydrogen-bond donors (Lipinski definition) is 0. The van der Waals surface area contributed by atoms with Crippen LogP contribution in [0.5, 0.6) is 0 Å². The Bertz CT molecular complexity index is 434. The summed E-state index contributed by atoms with van der Waals surface area (Å²) in [5.41, 5.74) is 4.15. The number of hydrogen-bond acceptors (Lipinski definition) is 1. The Morgan fingerprint density at radius 3 is 2.57 bits per heavy atom. The predicted octanol–water partition coefficient (Wildman–Crippen LogP) is 6.05. The quantitative estimate of drug-likeness (QED) is 0.283. The molecule has 1 rings (SSSR count). The van der Waals surface area contributed by atoms with E-state index in [9.17, 15) is 0 Å². The average molecular weight is 351 g/mol. The van der Waals surface area contributed by atoms with Crippen LogP contribution in [-0.4, -0.2) is 11.9 Å². The minimum Gasteiger partial charge on any atom is -0.373 e. The third kappa shape index (κ3) is 8.90. The molecule has 2 heteroatoms. The van der Waals surface area contributed by atoms with Crippen molar-refractivity contribution in [2.24, 2.45) is 0 Å². The molecule has 1 aromatic carbocycles. The fourth-order valence-corrected chi connectivity index (χ4v) is 2.66. The molecule has 0 radical (unpaired) electrons. The van der Waals surface area contributed by atoms with Crippen molar-refractivity contribution in [2.75, 3.05) is 11.9 Å². The lowest BCUT2D eigenvalue weighted by molar-refractivity contribution is 0.148. The number of rotatable bonds is 10. The van der Waals surface area contributed by atoms with Crippen LogP contribution in [0.15, 0.2) is 53.6 Å². The molecule has 1 nitrogen and oxygen atoms in total. The molecule has 0 bridgehead atoms. The third-order valence-electron chi connectivity index (χ3n) is 3.38. The summed E-state index contributed by atoms with van der Waals surface area (Å²) in [6.45, 7) is 5.82. The van der Waals surface area contributed by atoms with Gasteiger partial charge >= 0.3 is 0 Å². The summed E-state index contributed by atoms with van der Waals surface area (Å²) in [6, 6.07) is 10.3. The van der Waals surface area contributed by atoms with Gasteiger partial charge in [0.25, 0.3) is 0 Å². The lowest BCUT2D eigenvalue weighted by Crippen LogP contribution is -1.95. The number of ether oxygens (including phenoxy) is 1. The highest BCUT2D eigenvalue weighted by molar-refractivity contribution is 9.09. The molecule has 0 amide bonds. The molecule has 0 saturated carbocycles. The lowest BCUT2D eigenvalue weighted by Gasteiger charge is -2.05. The maximum absolute atomic E-state index is 5.71. The molecule has 0 heterocycles. The molecule has 1 aromatic rings. The molecule has 0 unspecified atom stereocenters. The van der Waals surface area contributed by atoms with E-state index in [4.69, 9.17) is 4.74 Å². The first-order chi connectivity index (χ1) is 10.3. The zero-order valence-electron chi connectivity index (χ0n) is 13.3. The van der Waals surface area contributed by atoms with E-state index in [1.807, 2.05) is 18.2 Å². The van der Waals surface area contributed by atoms with Gasteiger partial charge < -0.3 is 4.74 Å². The highest BCUT2D eigenvalue weighted by Gasteiger charge is 1.96. The van der Waals surface area contributed by atoms with Crippen LogP contribution in [0.3, 0.4) is 0 Å². The van der Waals surface area contributed by atoms with Gasteiger partial charge in [-0.15, -0.1) is 0 Å². The van der Waals surface area contributed by atoms with Crippen molar-refractivity contribution >= 4 is 15.9 Å². The van der Waals surface area contributed by atoms with Gasteiger partial charge in [0.1, 0.15) is 0 Å². The molecular formula is C19H27BrO. The molecule has 0 aliphatic rings. The summed E-state index contributed by atoms with van der Waals surface area (Å²) >= 11 is 3.57. The van der Waals surface area contributed by atoms with Crippen LogP contribution in [0.25, 0.3) is 0 Å². The summed E-state index contributed by atoms with van der Waals surface area (Å²) in [5.74, 6) is 0. The van der Waals surface area contributed by atoms with E-state index in [0.717, 1.165) is 18.2 Å². The maximum atomic E-state index is 5.71. The van der Waals surface area contributed by atoms with E-state index in [2.05, 4.69) is 54.1 Å². The van der Waals surface area contributed by atoms with Crippen LogP contribution in [0.1, 0.15) is 45.1 Å². The van der Waals surface area contributed by atoms with Gasteiger partial charge in [-0.2, -0.15) is 0 Å². The van der Waals surface area contributed by atoms with Crippen molar-refractivity contribution in [3.05, 3.63) is 59.2 Å². The smallest absolute Gasteiger partial charge is 0.0721 e. The van der Waals surface area contributed by atoms with E-state index >= 15 is 0 Å². The van der Waals surface area contributed by atoms with Crippen LogP contribution >= 0.6 is 15.9 Å². The lowest BCUT2D eigenvalue weighted by atomic mass is 10.1. The molecule has 21 heavy (non-hydrogen) atoms. The Kier molecular flexibility index (Phi) is 10.2. The van der Waals surface area contributed by atoms with Gasteiger partial charge in [0.15, 0.2) is 0 Å².